The molecule has 8 nitrogen and oxygen atoms in total. The summed E-state index contributed by atoms with van der Waals surface area (Å²) in [5.74, 6) is 1.01. The van der Waals surface area contributed by atoms with Crippen LogP contribution in [0.25, 0.3) is 11.2 Å². The molecular weight excluding hydrogens is 380 g/mol. The number of aromatic nitrogens is 3. The molecule has 0 spiro atoms. The summed E-state index contributed by atoms with van der Waals surface area (Å²) < 4.78 is 11.2. The van der Waals surface area contributed by atoms with E-state index in [1.54, 1.807) is 45.0 Å². The van der Waals surface area contributed by atoms with E-state index < -0.39 is 11.7 Å². The molecule has 0 fully saturated rings. The molecule has 28 heavy (non-hydrogen) atoms. The molecule has 0 bridgehead atoms. The number of nitrogens with zero attached hydrogens (tertiary/aromatic N) is 2. The quantitative estimate of drug-likeness (QED) is 0.633. The molecule has 0 aliphatic heterocycles. The van der Waals surface area contributed by atoms with Gasteiger partial charge in [-0.3, -0.25) is 10.1 Å². The van der Waals surface area contributed by atoms with E-state index in [-0.39, 0.29) is 5.56 Å². The van der Waals surface area contributed by atoms with Crippen LogP contribution in [-0.2, 0) is 4.74 Å². The summed E-state index contributed by atoms with van der Waals surface area (Å²) in [5, 5.41) is 2.75. The van der Waals surface area contributed by atoms with Gasteiger partial charge in [-0.2, -0.15) is 0 Å². The number of thioether (sulfide) groups is 1. The van der Waals surface area contributed by atoms with Gasteiger partial charge in [-0.15, -0.1) is 11.8 Å². The van der Waals surface area contributed by atoms with Crippen LogP contribution in [0.3, 0.4) is 0 Å². The first-order chi connectivity index (χ1) is 13.2. The summed E-state index contributed by atoms with van der Waals surface area (Å²) in [7, 11) is 0. The van der Waals surface area contributed by atoms with Crippen LogP contribution in [0, 0.1) is 0 Å². The number of H-pyrrole nitrogens is 1. The summed E-state index contributed by atoms with van der Waals surface area (Å²) in [4.78, 5) is 35.0. The molecule has 0 saturated heterocycles. The number of amides is 1. The van der Waals surface area contributed by atoms with Crippen molar-refractivity contribution in [2.75, 3.05) is 11.6 Å². The van der Waals surface area contributed by atoms with E-state index >= 15 is 0 Å². The van der Waals surface area contributed by atoms with E-state index in [1.165, 1.54) is 24.2 Å². The van der Waals surface area contributed by atoms with Crippen molar-refractivity contribution in [2.24, 2.45) is 0 Å². The number of fused-ring (bicyclic) bond motifs is 1. The maximum absolute atomic E-state index is 12.0. The molecule has 0 radical (unpaired) electrons. The highest BCUT2D eigenvalue weighted by Crippen LogP contribution is 2.33. The summed E-state index contributed by atoms with van der Waals surface area (Å²) in [6.45, 7) is 5.41. The molecule has 2 N–H and O–H groups in total. The van der Waals surface area contributed by atoms with E-state index in [4.69, 9.17) is 9.47 Å². The monoisotopic (exact) mass is 400 g/mol. The number of ether oxygens (including phenoxy) is 2. The third-order valence-electron chi connectivity index (χ3n) is 3.48. The van der Waals surface area contributed by atoms with Crippen LogP contribution < -0.4 is 15.6 Å². The van der Waals surface area contributed by atoms with Crippen LogP contribution in [0.5, 0.6) is 11.5 Å². The lowest BCUT2D eigenvalue weighted by Crippen LogP contribution is -2.27. The van der Waals surface area contributed by atoms with Crippen LogP contribution in [0.4, 0.5) is 10.5 Å². The highest BCUT2D eigenvalue weighted by Gasteiger charge is 2.17. The highest BCUT2D eigenvalue weighted by molar-refractivity contribution is 7.98. The van der Waals surface area contributed by atoms with E-state index in [1.807, 2.05) is 6.26 Å². The van der Waals surface area contributed by atoms with E-state index in [9.17, 15) is 9.59 Å². The van der Waals surface area contributed by atoms with Crippen LogP contribution in [0.15, 0.2) is 46.3 Å². The van der Waals surface area contributed by atoms with Gasteiger partial charge in [0.15, 0.2) is 11.4 Å². The minimum absolute atomic E-state index is 0.334. The Balaban J connectivity index is 1.85. The first-order valence-corrected chi connectivity index (χ1v) is 9.67. The second kappa shape index (κ2) is 7.89. The lowest BCUT2D eigenvalue weighted by Gasteiger charge is -2.20. The number of carbonyl (C=O) groups excluding carboxylic acids is 1. The average molecular weight is 400 g/mol. The Labute approximate surface area is 165 Å². The van der Waals surface area contributed by atoms with Gasteiger partial charge < -0.3 is 14.5 Å². The lowest BCUT2D eigenvalue weighted by atomic mass is 10.2. The first-order valence-electron chi connectivity index (χ1n) is 8.45. The number of anilines is 1. The normalized spacial score (nSPS) is 11.3. The van der Waals surface area contributed by atoms with Gasteiger partial charge in [-0.05, 0) is 45.2 Å². The van der Waals surface area contributed by atoms with E-state index in [2.05, 4.69) is 20.3 Å². The van der Waals surface area contributed by atoms with Crippen LogP contribution >= 0.6 is 11.8 Å². The van der Waals surface area contributed by atoms with Crippen molar-refractivity contribution < 1.29 is 14.3 Å². The van der Waals surface area contributed by atoms with Crippen molar-refractivity contribution >= 4 is 34.7 Å². The summed E-state index contributed by atoms with van der Waals surface area (Å²) in [5.41, 5.74) is 0.501. The Kier molecular flexibility index (Phi) is 5.55. The van der Waals surface area contributed by atoms with Crippen LogP contribution in [0.2, 0.25) is 0 Å². The first kappa shape index (κ1) is 19.7. The highest BCUT2D eigenvalue weighted by atomic mass is 32.2. The van der Waals surface area contributed by atoms with Crippen LogP contribution in [-0.4, -0.2) is 32.9 Å². The molecule has 0 unspecified atom stereocenters. The van der Waals surface area contributed by atoms with E-state index in [0.717, 1.165) is 4.90 Å². The minimum atomic E-state index is -0.580. The summed E-state index contributed by atoms with van der Waals surface area (Å²) in [6.07, 6.45) is 4.08. The Morgan fingerprint density at radius 1 is 1.21 bits per heavy atom. The second-order valence-electron chi connectivity index (χ2n) is 6.84. The van der Waals surface area contributed by atoms with Crippen molar-refractivity contribution in [3.8, 4) is 11.5 Å². The zero-order chi connectivity index (χ0) is 20.3. The van der Waals surface area contributed by atoms with Gasteiger partial charge in [0.25, 0.3) is 5.56 Å². The van der Waals surface area contributed by atoms with Gasteiger partial charge in [0, 0.05) is 17.2 Å². The number of pyridine rings is 1. The van der Waals surface area contributed by atoms with E-state index in [0.29, 0.717) is 28.4 Å². The van der Waals surface area contributed by atoms with Gasteiger partial charge in [0.2, 0.25) is 0 Å². The van der Waals surface area contributed by atoms with Gasteiger partial charge in [-0.25, -0.2) is 14.8 Å². The Bertz CT molecular complexity index is 1080. The molecular formula is C19H20N4O4S. The maximum atomic E-state index is 12.0. The lowest BCUT2D eigenvalue weighted by molar-refractivity contribution is 0.0635. The second-order valence-corrected chi connectivity index (χ2v) is 7.69. The van der Waals surface area contributed by atoms with Crippen molar-refractivity contribution in [1.82, 2.24) is 15.0 Å². The fraction of sp³-hybridized carbons (Fsp3) is 0.263. The molecule has 0 aliphatic rings. The van der Waals surface area contributed by atoms with Crippen LogP contribution in [0.1, 0.15) is 20.8 Å². The molecule has 0 saturated carbocycles. The fourth-order valence-electron chi connectivity index (χ4n) is 2.39. The number of hydrogen-bond acceptors (Lipinski definition) is 7. The number of aromatic amines is 1. The standard InChI is InChI=1S/C19H20N4O4S/c1-19(2,3)27-18(25)22-12-6-5-11(9-14(12)28-4)26-13-7-8-20-17-16(13)21-10-15(24)23-17/h5-10H,1-4H3,(H,22,25)(H,20,23,24). The molecule has 3 aromatic rings. The Hall–Kier alpha value is -3.07. The molecule has 2 heterocycles. The molecule has 2 aromatic heterocycles. The number of rotatable bonds is 4. The Morgan fingerprint density at radius 2 is 2.00 bits per heavy atom. The Morgan fingerprint density at radius 3 is 2.71 bits per heavy atom. The predicted octanol–water partition coefficient (Wildman–Crippen LogP) is 4.18. The summed E-state index contributed by atoms with van der Waals surface area (Å²) >= 11 is 1.46. The SMILES string of the molecule is CSc1cc(Oc2ccnc3[nH]c(=O)cnc23)ccc1NC(=O)OC(C)(C)C. The molecule has 0 atom stereocenters. The summed E-state index contributed by atoms with van der Waals surface area (Å²) in [6, 6.07) is 6.93. The molecule has 0 aliphatic carbocycles. The zero-order valence-corrected chi connectivity index (χ0v) is 16.7. The third-order valence-corrected chi connectivity index (χ3v) is 4.25. The largest absolute Gasteiger partial charge is 0.455 e. The predicted molar refractivity (Wildman–Crippen MR) is 108 cm³/mol. The van der Waals surface area contributed by atoms with Crippen molar-refractivity contribution in [3.05, 3.63) is 47.0 Å². The molecule has 9 heteroatoms. The van der Waals surface area contributed by atoms with Gasteiger partial charge in [0.1, 0.15) is 16.9 Å². The number of hydrogen-bond donors (Lipinski definition) is 2. The number of benzene rings is 1. The topological polar surface area (TPSA) is 106 Å². The van der Waals surface area contributed by atoms with Gasteiger partial charge in [-0.1, -0.05) is 0 Å². The van der Waals surface area contributed by atoms with Crippen molar-refractivity contribution in [2.45, 2.75) is 31.3 Å². The molecule has 146 valence electrons. The van der Waals surface area contributed by atoms with Crippen molar-refractivity contribution in [1.29, 1.82) is 0 Å². The third kappa shape index (κ3) is 4.80. The van der Waals surface area contributed by atoms with Gasteiger partial charge >= 0.3 is 6.09 Å². The minimum Gasteiger partial charge on any atom is -0.455 e. The zero-order valence-electron chi connectivity index (χ0n) is 15.9. The number of nitrogens with one attached hydrogen (secondary N) is 2. The smallest absolute Gasteiger partial charge is 0.412 e. The van der Waals surface area contributed by atoms with Gasteiger partial charge in [0.05, 0.1) is 11.9 Å². The maximum Gasteiger partial charge on any atom is 0.412 e. The van der Waals surface area contributed by atoms with Crippen molar-refractivity contribution in [3.63, 3.8) is 0 Å². The number of carbonyl (C=O) groups is 1. The average Bonchev–Trinajstić information content (AvgIpc) is 2.61. The molecule has 1 aromatic carbocycles. The molecule has 3 rings (SSSR count). The molecule has 1 amide bonds. The fourth-order valence-corrected chi connectivity index (χ4v) is 2.96.